The van der Waals surface area contributed by atoms with E-state index in [1.807, 2.05) is 0 Å². The molecule has 2 aliphatic heterocycles. The molecule has 2 saturated heterocycles. The number of carbonyl (C=O) groups excluding carboxylic acids is 1. The van der Waals surface area contributed by atoms with Gasteiger partial charge in [0.2, 0.25) is 0 Å². The van der Waals surface area contributed by atoms with Gasteiger partial charge in [0.1, 0.15) is 5.78 Å². The van der Waals surface area contributed by atoms with E-state index in [1.165, 1.54) is 0 Å². The molecule has 0 aromatic rings. The number of ketones is 1. The molecule has 2 unspecified atom stereocenters. The molecule has 0 spiro atoms. The minimum Gasteiger partial charge on any atom is -0.369 e. The maximum absolute atomic E-state index is 12.9. The van der Waals surface area contributed by atoms with Crippen molar-refractivity contribution in [3.8, 4) is 0 Å². The van der Waals surface area contributed by atoms with Crippen LogP contribution in [0.4, 0.5) is 0 Å². The second kappa shape index (κ2) is 4.31. The first-order valence-electron chi connectivity index (χ1n) is 7.12. The summed E-state index contributed by atoms with van der Waals surface area (Å²) in [5, 5.41) is 3.37. The number of carbonyl (C=O) groups is 1. The summed E-state index contributed by atoms with van der Waals surface area (Å²) in [4.78, 5) is 12.9. The van der Waals surface area contributed by atoms with Crippen LogP contribution in [0.15, 0.2) is 0 Å². The zero-order chi connectivity index (χ0) is 13.6. The molecule has 18 heavy (non-hydrogen) atoms. The Morgan fingerprint density at radius 3 is 2.33 bits per heavy atom. The van der Waals surface area contributed by atoms with Gasteiger partial charge in [-0.2, -0.15) is 0 Å². The summed E-state index contributed by atoms with van der Waals surface area (Å²) in [6.07, 6.45) is 2.94. The van der Waals surface area contributed by atoms with Gasteiger partial charge in [0, 0.05) is 17.9 Å². The van der Waals surface area contributed by atoms with Gasteiger partial charge in [-0.15, -0.1) is 0 Å². The van der Waals surface area contributed by atoms with Gasteiger partial charge in [0.25, 0.3) is 0 Å². The van der Waals surface area contributed by atoms with E-state index in [-0.39, 0.29) is 22.5 Å². The van der Waals surface area contributed by atoms with Crippen LogP contribution in [0.1, 0.15) is 53.9 Å². The van der Waals surface area contributed by atoms with Crippen LogP contribution in [-0.2, 0) is 9.53 Å². The summed E-state index contributed by atoms with van der Waals surface area (Å²) in [6, 6.07) is 0. The second-order valence-corrected chi connectivity index (χ2v) is 7.43. The van der Waals surface area contributed by atoms with Crippen molar-refractivity contribution in [1.29, 1.82) is 0 Å². The molecule has 0 aliphatic carbocycles. The molecule has 0 radical (unpaired) electrons. The van der Waals surface area contributed by atoms with Gasteiger partial charge in [-0.1, -0.05) is 6.92 Å². The third-order valence-corrected chi connectivity index (χ3v) is 4.58. The number of Topliss-reactive ketones (excluding diaryl/α,β-unsaturated/α-hetero) is 1. The normalized spacial score (nSPS) is 38.6. The fourth-order valence-electron chi connectivity index (χ4n) is 3.66. The number of piperidine rings is 1. The van der Waals surface area contributed by atoms with Crippen LogP contribution in [0.5, 0.6) is 0 Å². The van der Waals surface area contributed by atoms with Gasteiger partial charge in [-0.3, -0.25) is 4.79 Å². The third kappa shape index (κ3) is 2.48. The first-order valence-corrected chi connectivity index (χ1v) is 7.12. The maximum atomic E-state index is 12.9. The van der Waals surface area contributed by atoms with E-state index >= 15 is 0 Å². The van der Waals surface area contributed by atoms with E-state index in [4.69, 9.17) is 4.74 Å². The van der Waals surface area contributed by atoms with Crippen LogP contribution < -0.4 is 5.32 Å². The first kappa shape index (κ1) is 14.0. The molecule has 0 aromatic heterocycles. The highest BCUT2D eigenvalue weighted by Crippen LogP contribution is 2.46. The fourth-order valence-corrected chi connectivity index (χ4v) is 3.66. The Kier molecular flexibility index (Phi) is 3.35. The predicted octanol–water partition coefficient (Wildman–Crippen LogP) is 2.54. The Labute approximate surface area is 111 Å². The Balaban J connectivity index is 2.18. The molecule has 2 aliphatic rings. The second-order valence-electron chi connectivity index (χ2n) is 7.43. The monoisotopic (exact) mass is 253 g/mol. The number of rotatable bonds is 2. The van der Waals surface area contributed by atoms with Gasteiger partial charge < -0.3 is 10.1 Å². The summed E-state index contributed by atoms with van der Waals surface area (Å²) in [5.41, 5.74) is -0.715. The Morgan fingerprint density at radius 1 is 1.22 bits per heavy atom. The highest BCUT2D eigenvalue weighted by molar-refractivity contribution is 5.88. The van der Waals surface area contributed by atoms with E-state index in [1.54, 1.807) is 0 Å². The summed E-state index contributed by atoms with van der Waals surface area (Å²) in [5.74, 6) is 0.419. The van der Waals surface area contributed by atoms with Gasteiger partial charge in [-0.05, 0) is 53.5 Å². The van der Waals surface area contributed by atoms with Crippen molar-refractivity contribution in [2.24, 2.45) is 11.3 Å². The third-order valence-electron chi connectivity index (χ3n) is 4.58. The Hall–Kier alpha value is -0.410. The Morgan fingerprint density at radius 2 is 1.89 bits per heavy atom. The zero-order valence-electron chi connectivity index (χ0n) is 12.4. The Bertz CT molecular complexity index is 340. The van der Waals surface area contributed by atoms with Gasteiger partial charge in [-0.25, -0.2) is 0 Å². The molecular formula is C15H27NO2. The van der Waals surface area contributed by atoms with Crippen molar-refractivity contribution in [2.75, 3.05) is 13.1 Å². The molecule has 104 valence electrons. The summed E-state index contributed by atoms with van der Waals surface area (Å²) >= 11 is 0. The van der Waals surface area contributed by atoms with E-state index in [9.17, 15) is 4.79 Å². The number of hydrogen-bond acceptors (Lipinski definition) is 3. The van der Waals surface area contributed by atoms with Crippen molar-refractivity contribution in [1.82, 2.24) is 5.32 Å². The molecule has 0 aromatic carbocycles. The van der Waals surface area contributed by atoms with Crippen LogP contribution in [0.2, 0.25) is 0 Å². The molecule has 2 rings (SSSR count). The zero-order valence-corrected chi connectivity index (χ0v) is 12.4. The minimum absolute atomic E-state index is 0.0254. The average Bonchev–Trinajstić information content (AvgIpc) is 2.46. The topological polar surface area (TPSA) is 38.3 Å². The standard InChI is InChI=1S/C15H27NO2/c1-13(2)9-11(14(3,4)18-13)12(17)15(5)7-6-8-16-10-15/h11,16H,6-10H2,1-5H3. The molecule has 0 amide bonds. The maximum Gasteiger partial charge on any atom is 0.146 e. The molecule has 1 N–H and O–H groups in total. The highest BCUT2D eigenvalue weighted by atomic mass is 16.5. The molecule has 0 bridgehead atoms. The van der Waals surface area contributed by atoms with E-state index < -0.39 is 0 Å². The minimum atomic E-state index is -0.332. The van der Waals surface area contributed by atoms with E-state index in [0.717, 1.165) is 32.4 Å². The van der Waals surface area contributed by atoms with E-state index in [2.05, 4.69) is 39.9 Å². The lowest BCUT2D eigenvalue weighted by molar-refractivity contribution is -0.139. The van der Waals surface area contributed by atoms with Crippen molar-refractivity contribution in [3.63, 3.8) is 0 Å². The SMILES string of the molecule is CC1(C)CC(C(=O)C2(C)CCCNC2)C(C)(C)O1. The molecule has 0 saturated carbocycles. The fraction of sp³-hybridized carbons (Fsp3) is 0.933. The van der Waals surface area contributed by atoms with Gasteiger partial charge >= 0.3 is 0 Å². The number of hydrogen-bond donors (Lipinski definition) is 1. The molecule has 3 nitrogen and oxygen atoms in total. The predicted molar refractivity (Wildman–Crippen MR) is 72.6 cm³/mol. The lowest BCUT2D eigenvalue weighted by Crippen LogP contribution is -2.49. The van der Waals surface area contributed by atoms with Crippen LogP contribution in [0.3, 0.4) is 0 Å². The molecule has 2 fully saturated rings. The average molecular weight is 253 g/mol. The van der Waals surface area contributed by atoms with Crippen molar-refractivity contribution < 1.29 is 9.53 Å². The molecule has 3 heteroatoms. The largest absolute Gasteiger partial charge is 0.369 e. The molecular weight excluding hydrogens is 226 g/mol. The van der Waals surface area contributed by atoms with Crippen LogP contribution >= 0.6 is 0 Å². The number of nitrogens with one attached hydrogen (secondary N) is 1. The highest BCUT2D eigenvalue weighted by Gasteiger charge is 2.53. The summed E-state index contributed by atoms with van der Waals surface area (Å²) < 4.78 is 6.06. The molecule has 2 heterocycles. The summed E-state index contributed by atoms with van der Waals surface area (Å²) in [6.45, 7) is 12.3. The molecule has 2 atom stereocenters. The van der Waals surface area contributed by atoms with Crippen LogP contribution in [0.25, 0.3) is 0 Å². The number of ether oxygens (including phenoxy) is 1. The van der Waals surface area contributed by atoms with Crippen molar-refractivity contribution in [2.45, 2.75) is 65.1 Å². The summed E-state index contributed by atoms with van der Waals surface area (Å²) in [7, 11) is 0. The van der Waals surface area contributed by atoms with Gasteiger partial charge in [0.05, 0.1) is 11.2 Å². The lowest BCUT2D eigenvalue weighted by atomic mass is 9.69. The van der Waals surface area contributed by atoms with Crippen molar-refractivity contribution in [3.05, 3.63) is 0 Å². The van der Waals surface area contributed by atoms with Gasteiger partial charge in [0.15, 0.2) is 0 Å². The van der Waals surface area contributed by atoms with Crippen LogP contribution in [0, 0.1) is 11.3 Å². The smallest absolute Gasteiger partial charge is 0.146 e. The lowest BCUT2D eigenvalue weighted by Gasteiger charge is -2.37. The van der Waals surface area contributed by atoms with E-state index in [0.29, 0.717) is 5.78 Å². The first-order chi connectivity index (χ1) is 8.16. The quantitative estimate of drug-likeness (QED) is 0.822. The van der Waals surface area contributed by atoms with Crippen molar-refractivity contribution >= 4 is 5.78 Å². The van der Waals surface area contributed by atoms with Crippen LogP contribution in [-0.4, -0.2) is 30.1 Å².